The molecule has 1 atom stereocenters. The zero-order chi connectivity index (χ0) is 12.6. The van der Waals surface area contributed by atoms with Gasteiger partial charge in [0, 0.05) is 11.5 Å². The molecule has 4 heteroatoms. The van der Waals surface area contributed by atoms with Gasteiger partial charge < -0.3 is 4.90 Å². The van der Waals surface area contributed by atoms with E-state index in [1.807, 2.05) is 18.2 Å². The maximum absolute atomic E-state index is 8.68. The second-order valence-electron chi connectivity index (χ2n) is 4.91. The Labute approximate surface area is 108 Å². The minimum atomic E-state index is 0.0514. The quantitative estimate of drug-likeness (QED) is 0.445. The fourth-order valence-corrected chi connectivity index (χ4v) is 2.54. The molecule has 0 bridgehead atoms. The van der Waals surface area contributed by atoms with Gasteiger partial charge in [0.15, 0.2) is 0 Å². The van der Waals surface area contributed by atoms with Gasteiger partial charge in [-0.15, -0.1) is 0 Å². The van der Waals surface area contributed by atoms with E-state index in [4.69, 9.17) is 5.53 Å². The molecule has 0 aliphatic carbocycles. The fraction of sp³-hybridized carbons (Fsp3) is 0.571. The van der Waals surface area contributed by atoms with Gasteiger partial charge >= 0.3 is 0 Å². The van der Waals surface area contributed by atoms with Crippen LogP contribution in [-0.4, -0.2) is 30.6 Å². The van der Waals surface area contributed by atoms with Crippen molar-refractivity contribution < 1.29 is 0 Å². The van der Waals surface area contributed by atoms with Crippen LogP contribution in [0.3, 0.4) is 0 Å². The van der Waals surface area contributed by atoms with E-state index in [0.29, 0.717) is 0 Å². The van der Waals surface area contributed by atoms with Crippen LogP contribution >= 0.6 is 0 Å². The molecule has 1 aliphatic heterocycles. The van der Waals surface area contributed by atoms with Crippen molar-refractivity contribution in [2.45, 2.75) is 31.7 Å². The van der Waals surface area contributed by atoms with Crippen molar-refractivity contribution >= 4 is 0 Å². The smallest absolute Gasteiger partial charge is 0.0541 e. The van der Waals surface area contributed by atoms with Crippen LogP contribution in [0.4, 0.5) is 0 Å². The van der Waals surface area contributed by atoms with Gasteiger partial charge in [-0.1, -0.05) is 41.9 Å². The van der Waals surface area contributed by atoms with Gasteiger partial charge in [-0.3, -0.25) is 0 Å². The maximum atomic E-state index is 8.68. The summed E-state index contributed by atoms with van der Waals surface area (Å²) in [4.78, 5) is 5.42. The third-order valence-electron chi connectivity index (χ3n) is 3.45. The summed E-state index contributed by atoms with van der Waals surface area (Å²) in [6.07, 6.45) is 4.71. The van der Waals surface area contributed by atoms with Crippen LogP contribution in [0.25, 0.3) is 10.4 Å². The molecule has 1 aromatic rings. The molecule has 1 heterocycles. The van der Waals surface area contributed by atoms with Gasteiger partial charge in [0.1, 0.15) is 0 Å². The van der Waals surface area contributed by atoms with Gasteiger partial charge in [-0.2, -0.15) is 0 Å². The highest BCUT2D eigenvalue weighted by molar-refractivity contribution is 5.16. The minimum Gasteiger partial charge on any atom is -0.303 e. The van der Waals surface area contributed by atoms with Crippen molar-refractivity contribution in [3.8, 4) is 0 Å². The van der Waals surface area contributed by atoms with Gasteiger partial charge in [-0.05, 0) is 43.4 Å². The molecule has 1 aromatic carbocycles. The van der Waals surface area contributed by atoms with E-state index >= 15 is 0 Å². The van der Waals surface area contributed by atoms with Crippen molar-refractivity contribution in [1.29, 1.82) is 0 Å². The first-order valence-corrected chi connectivity index (χ1v) is 6.69. The molecule has 1 saturated heterocycles. The predicted molar refractivity (Wildman–Crippen MR) is 73.4 cm³/mol. The van der Waals surface area contributed by atoms with Gasteiger partial charge in [0.25, 0.3) is 0 Å². The zero-order valence-corrected chi connectivity index (χ0v) is 10.7. The molecule has 0 N–H and O–H groups in total. The lowest BCUT2D eigenvalue weighted by molar-refractivity contribution is 0.215. The Hall–Kier alpha value is -1.51. The van der Waals surface area contributed by atoms with Crippen LogP contribution in [0.2, 0.25) is 0 Å². The Kier molecular flexibility index (Phi) is 5.06. The molecule has 0 amide bonds. The van der Waals surface area contributed by atoms with Gasteiger partial charge in [0.2, 0.25) is 0 Å². The van der Waals surface area contributed by atoms with E-state index in [1.165, 1.54) is 24.8 Å². The number of benzene rings is 1. The molecular formula is C14H20N4. The Balaban J connectivity index is 1.93. The Morgan fingerprint density at radius 1 is 1.17 bits per heavy atom. The molecular weight excluding hydrogens is 224 g/mol. The summed E-state index contributed by atoms with van der Waals surface area (Å²) in [6.45, 7) is 3.18. The number of hydrogen-bond donors (Lipinski definition) is 0. The summed E-state index contributed by atoms with van der Waals surface area (Å²) in [5.74, 6) is 0. The van der Waals surface area contributed by atoms with E-state index in [1.54, 1.807) is 0 Å². The summed E-state index contributed by atoms with van der Waals surface area (Å²) in [7, 11) is 0. The van der Waals surface area contributed by atoms with Crippen LogP contribution in [0, 0.1) is 0 Å². The Morgan fingerprint density at radius 3 is 2.56 bits per heavy atom. The Bertz CT molecular complexity index is 392. The summed E-state index contributed by atoms with van der Waals surface area (Å²) in [6, 6.07) is 10.3. The van der Waals surface area contributed by atoms with Crippen LogP contribution in [-0.2, 0) is 6.42 Å². The molecule has 1 fully saturated rings. The maximum Gasteiger partial charge on any atom is 0.0541 e. The second kappa shape index (κ2) is 7.04. The highest BCUT2D eigenvalue weighted by atomic mass is 15.2. The second-order valence-corrected chi connectivity index (χ2v) is 4.91. The SMILES string of the molecule is [N-]=[N+]=N[C@H](Cc1ccccc1)CN1CCCCC1. The predicted octanol–water partition coefficient (Wildman–Crippen LogP) is 3.39. The average molecular weight is 244 g/mol. The largest absolute Gasteiger partial charge is 0.303 e. The first-order valence-electron chi connectivity index (χ1n) is 6.69. The molecule has 0 unspecified atom stereocenters. The third-order valence-corrected chi connectivity index (χ3v) is 3.45. The van der Waals surface area contributed by atoms with Crippen LogP contribution in [0.15, 0.2) is 35.4 Å². The van der Waals surface area contributed by atoms with Gasteiger partial charge in [-0.25, -0.2) is 0 Å². The lowest BCUT2D eigenvalue weighted by atomic mass is 10.0. The highest BCUT2D eigenvalue weighted by Gasteiger charge is 2.15. The first kappa shape index (κ1) is 12.9. The van der Waals surface area contributed by atoms with E-state index in [2.05, 4.69) is 27.1 Å². The van der Waals surface area contributed by atoms with Crippen LogP contribution in [0.1, 0.15) is 24.8 Å². The standard InChI is InChI=1S/C14H20N4/c15-17-16-14(11-13-7-3-1-4-8-13)12-18-9-5-2-6-10-18/h1,3-4,7-8,14H,2,5-6,9-12H2/t14-/m1/s1. The monoisotopic (exact) mass is 244 g/mol. The lowest BCUT2D eigenvalue weighted by Crippen LogP contribution is -2.36. The number of likely N-dealkylation sites (tertiary alicyclic amines) is 1. The molecule has 96 valence electrons. The first-order chi connectivity index (χ1) is 8.88. The average Bonchev–Trinajstić information content (AvgIpc) is 2.41. The molecule has 18 heavy (non-hydrogen) atoms. The molecule has 0 saturated carbocycles. The minimum absolute atomic E-state index is 0.0514. The summed E-state index contributed by atoms with van der Waals surface area (Å²) in [5.41, 5.74) is 9.93. The number of azide groups is 1. The molecule has 0 aromatic heterocycles. The van der Waals surface area contributed by atoms with Crippen LogP contribution < -0.4 is 0 Å². The van der Waals surface area contributed by atoms with Crippen molar-refractivity contribution in [3.05, 3.63) is 46.3 Å². The normalized spacial score (nSPS) is 18.0. The summed E-state index contributed by atoms with van der Waals surface area (Å²) < 4.78 is 0. The lowest BCUT2D eigenvalue weighted by Gasteiger charge is -2.28. The van der Waals surface area contributed by atoms with Crippen molar-refractivity contribution in [2.75, 3.05) is 19.6 Å². The van der Waals surface area contributed by atoms with Gasteiger partial charge in [0.05, 0.1) is 6.04 Å². The third kappa shape index (κ3) is 4.06. The topological polar surface area (TPSA) is 52.0 Å². The highest BCUT2D eigenvalue weighted by Crippen LogP contribution is 2.13. The Morgan fingerprint density at radius 2 is 1.89 bits per heavy atom. The fourth-order valence-electron chi connectivity index (χ4n) is 2.54. The van der Waals surface area contributed by atoms with E-state index in [-0.39, 0.29) is 6.04 Å². The molecule has 4 nitrogen and oxygen atoms in total. The van der Waals surface area contributed by atoms with E-state index < -0.39 is 0 Å². The number of nitrogens with zero attached hydrogens (tertiary/aromatic N) is 4. The summed E-state index contributed by atoms with van der Waals surface area (Å²) in [5, 5.41) is 3.95. The molecule has 0 radical (unpaired) electrons. The number of rotatable bonds is 5. The van der Waals surface area contributed by atoms with E-state index in [0.717, 1.165) is 26.1 Å². The zero-order valence-electron chi connectivity index (χ0n) is 10.7. The molecule has 1 aliphatic rings. The number of piperidine rings is 1. The van der Waals surface area contributed by atoms with Crippen molar-refractivity contribution in [3.63, 3.8) is 0 Å². The van der Waals surface area contributed by atoms with Crippen molar-refractivity contribution in [1.82, 2.24) is 4.90 Å². The van der Waals surface area contributed by atoms with E-state index in [9.17, 15) is 0 Å². The molecule has 2 rings (SSSR count). The molecule has 0 spiro atoms. The summed E-state index contributed by atoms with van der Waals surface area (Å²) >= 11 is 0. The number of hydrogen-bond acceptors (Lipinski definition) is 2. The van der Waals surface area contributed by atoms with Crippen LogP contribution in [0.5, 0.6) is 0 Å². The van der Waals surface area contributed by atoms with Crippen molar-refractivity contribution in [2.24, 2.45) is 5.11 Å².